The number of carbonyl (C=O) groups excluding carboxylic acids is 2. The van der Waals surface area contributed by atoms with Crippen LogP contribution in [0.1, 0.15) is 80.5 Å². The summed E-state index contributed by atoms with van der Waals surface area (Å²) in [5.41, 5.74) is 2.33. The van der Waals surface area contributed by atoms with E-state index in [1.807, 2.05) is 30.4 Å². The van der Waals surface area contributed by atoms with Crippen LogP contribution in [-0.2, 0) is 16.1 Å². The van der Waals surface area contributed by atoms with Crippen molar-refractivity contribution in [2.75, 3.05) is 13.1 Å². The Labute approximate surface area is 174 Å². The van der Waals surface area contributed by atoms with Crippen LogP contribution < -0.4 is 5.32 Å². The number of nitrogens with zero attached hydrogens (tertiary/aromatic N) is 3. The van der Waals surface area contributed by atoms with Crippen LogP contribution >= 0.6 is 0 Å². The molecule has 1 unspecified atom stereocenters. The quantitative estimate of drug-likeness (QED) is 0.758. The van der Waals surface area contributed by atoms with Crippen LogP contribution in [-0.4, -0.2) is 57.8 Å². The number of carbonyl (C=O) groups is 2. The molecule has 2 amide bonds. The van der Waals surface area contributed by atoms with Gasteiger partial charge in [-0.05, 0) is 46.5 Å². The zero-order chi connectivity index (χ0) is 21.0. The van der Waals surface area contributed by atoms with Gasteiger partial charge in [-0.2, -0.15) is 5.10 Å². The molecule has 2 aliphatic rings. The standard InChI is InChI=1S/C22H36N4O3/c1-5-12-26-16(3)20(15(2)24-26)21(27)23-18-11-13-25(14-18)22(28)17(4)29-19-9-7-6-8-10-19/h17-19H,5-14H2,1-4H3,(H,23,27)/t17?,18-/m1/s1. The Morgan fingerprint density at radius 2 is 1.93 bits per heavy atom. The normalized spacial score (nSPS) is 21.4. The summed E-state index contributed by atoms with van der Waals surface area (Å²) in [5.74, 6) is -0.0522. The van der Waals surface area contributed by atoms with Crippen molar-refractivity contribution in [3.8, 4) is 0 Å². The van der Waals surface area contributed by atoms with Crippen LogP contribution in [0.25, 0.3) is 0 Å². The molecule has 3 rings (SSSR count). The first-order valence-electron chi connectivity index (χ1n) is 11.2. The Kier molecular flexibility index (Phi) is 7.33. The average molecular weight is 405 g/mol. The van der Waals surface area contributed by atoms with E-state index in [9.17, 15) is 9.59 Å². The highest BCUT2D eigenvalue weighted by molar-refractivity contribution is 5.96. The summed E-state index contributed by atoms with van der Waals surface area (Å²) in [6.45, 7) is 9.79. The zero-order valence-corrected chi connectivity index (χ0v) is 18.4. The minimum absolute atomic E-state index is 0.0262. The molecule has 0 aromatic carbocycles. The molecule has 1 aromatic heterocycles. The summed E-state index contributed by atoms with van der Waals surface area (Å²) in [6, 6.07) is -0.0262. The molecule has 29 heavy (non-hydrogen) atoms. The molecule has 162 valence electrons. The summed E-state index contributed by atoms with van der Waals surface area (Å²) in [5, 5.41) is 7.60. The first-order valence-corrected chi connectivity index (χ1v) is 11.2. The molecule has 1 aromatic rings. The minimum atomic E-state index is -0.413. The van der Waals surface area contributed by atoms with Gasteiger partial charge in [0.05, 0.1) is 17.4 Å². The topological polar surface area (TPSA) is 76.5 Å². The van der Waals surface area contributed by atoms with Gasteiger partial charge in [0.2, 0.25) is 0 Å². The van der Waals surface area contributed by atoms with E-state index in [4.69, 9.17) is 4.74 Å². The third-order valence-corrected chi connectivity index (χ3v) is 6.18. The summed E-state index contributed by atoms with van der Waals surface area (Å²) in [4.78, 5) is 27.5. The number of ether oxygens (including phenoxy) is 1. The Hall–Kier alpha value is -1.89. The second-order valence-corrected chi connectivity index (χ2v) is 8.55. The lowest BCUT2D eigenvalue weighted by Gasteiger charge is -2.27. The summed E-state index contributed by atoms with van der Waals surface area (Å²) < 4.78 is 7.92. The van der Waals surface area contributed by atoms with Crippen molar-refractivity contribution in [3.05, 3.63) is 17.0 Å². The maximum atomic E-state index is 12.8. The molecule has 0 radical (unpaired) electrons. The zero-order valence-electron chi connectivity index (χ0n) is 18.4. The van der Waals surface area contributed by atoms with Crippen molar-refractivity contribution < 1.29 is 14.3 Å². The molecule has 1 N–H and O–H groups in total. The van der Waals surface area contributed by atoms with E-state index in [1.165, 1.54) is 19.3 Å². The highest BCUT2D eigenvalue weighted by atomic mass is 16.5. The molecule has 1 aliphatic carbocycles. The van der Waals surface area contributed by atoms with Gasteiger partial charge in [0.15, 0.2) is 0 Å². The van der Waals surface area contributed by atoms with E-state index in [0.717, 1.165) is 43.6 Å². The third-order valence-electron chi connectivity index (χ3n) is 6.18. The van der Waals surface area contributed by atoms with Gasteiger partial charge in [-0.1, -0.05) is 26.2 Å². The highest BCUT2D eigenvalue weighted by Crippen LogP contribution is 2.23. The van der Waals surface area contributed by atoms with Crippen LogP contribution in [0.15, 0.2) is 0 Å². The van der Waals surface area contributed by atoms with E-state index < -0.39 is 6.10 Å². The summed E-state index contributed by atoms with van der Waals surface area (Å²) >= 11 is 0. The van der Waals surface area contributed by atoms with Crippen LogP contribution in [0.2, 0.25) is 0 Å². The van der Waals surface area contributed by atoms with Gasteiger partial charge >= 0.3 is 0 Å². The van der Waals surface area contributed by atoms with Gasteiger partial charge < -0.3 is 15.0 Å². The number of hydrogen-bond donors (Lipinski definition) is 1. The Bertz CT molecular complexity index is 724. The van der Waals surface area contributed by atoms with E-state index in [2.05, 4.69) is 17.3 Å². The monoisotopic (exact) mass is 404 g/mol. The van der Waals surface area contributed by atoms with E-state index in [0.29, 0.717) is 18.7 Å². The van der Waals surface area contributed by atoms with Crippen LogP contribution in [0.3, 0.4) is 0 Å². The van der Waals surface area contributed by atoms with Crippen molar-refractivity contribution in [3.63, 3.8) is 0 Å². The Balaban J connectivity index is 1.53. The number of amides is 2. The lowest BCUT2D eigenvalue weighted by molar-refractivity contribution is -0.146. The van der Waals surface area contributed by atoms with Crippen molar-refractivity contribution in [1.82, 2.24) is 20.0 Å². The molecule has 0 bridgehead atoms. The fourth-order valence-corrected chi connectivity index (χ4v) is 4.60. The van der Waals surface area contributed by atoms with E-state index in [-0.39, 0.29) is 24.0 Å². The molecule has 1 aliphatic heterocycles. The maximum Gasteiger partial charge on any atom is 0.255 e. The first-order chi connectivity index (χ1) is 13.9. The summed E-state index contributed by atoms with van der Waals surface area (Å²) in [7, 11) is 0. The molecule has 2 fully saturated rings. The lowest BCUT2D eigenvalue weighted by atomic mass is 9.97. The average Bonchev–Trinajstić information content (AvgIpc) is 3.26. The third kappa shape index (κ3) is 5.18. The van der Waals surface area contributed by atoms with Gasteiger partial charge in [-0.3, -0.25) is 14.3 Å². The van der Waals surface area contributed by atoms with Gasteiger partial charge in [-0.15, -0.1) is 0 Å². The van der Waals surface area contributed by atoms with Crippen LogP contribution in [0.4, 0.5) is 0 Å². The molecule has 2 atom stereocenters. The summed E-state index contributed by atoms with van der Waals surface area (Å²) in [6.07, 6.45) is 7.32. The molecule has 2 heterocycles. The smallest absolute Gasteiger partial charge is 0.255 e. The second-order valence-electron chi connectivity index (χ2n) is 8.55. The molecular weight excluding hydrogens is 368 g/mol. The minimum Gasteiger partial charge on any atom is -0.365 e. The Morgan fingerprint density at radius 3 is 2.62 bits per heavy atom. The molecule has 7 nitrogen and oxygen atoms in total. The Morgan fingerprint density at radius 1 is 1.21 bits per heavy atom. The fraction of sp³-hybridized carbons (Fsp3) is 0.773. The SMILES string of the molecule is CCCn1nc(C)c(C(=O)N[C@@H]2CCN(C(=O)C(C)OC3CCCCC3)C2)c1C. The van der Waals surface area contributed by atoms with Crippen molar-refractivity contribution >= 4 is 11.8 Å². The van der Waals surface area contributed by atoms with Crippen LogP contribution in [0.5, 0.6) is 0 Å². The van der Waals surface area contributed by atoms with E-state index >= 15 is 0 Å². The number of aromatic nitrogens is 2. The highest BCUT2D eigenvalue weighted by Gasteiger charge is 2.32. The van der Waals surface area contributed by atoms with Crippen LogP contribution in [0, 0.1) is 13.8 Å². The molecule has 1 saturated heterocycles. The molecule has 7 heteroatoms. The van der Waals surface area contributed by atoms with Gasteiger partial charge in [0.1, 0.15) is 6.10 Å². The number of likely N-dealkylation sites (tertiary alicyclic amines) is 1. The van der Waals surface area contributed by atoms with Crippen molar-refractivity contribution in [2.45, 2.75) is 97.4 Å². The predicted octanol–water partition coefficient (Wildman–Crippen LogP) is 2.98. The predicted molar refractivity (Wildman–Crippen MR) is 112 cm³/mol. The molecule has 0 spiro atoms. The van der Waals surface area contributed by atoms with Gasteiger partial charge in [0.25, 0.3) is 11.8 Å². The molecular formula is C22H36N4O3. The number of hydrogen-bond acceptors (Lipinski definition) is 4. The van der Waals surface area contributed by atoms with Crippen molar-refractivity contribution in [2.24, 2.45) is 0 Å². The molecule has 1 saturated carbocycles. The second kappa shape index (κ2) is 9.74. The first kappa shape index (κ1) is 21.8. The lowest BCUT2D eigenvalue weighted by Crippen LogP contribution is -2.42. The number of rotatable bonds is 7. The number of nitrogens with one attached hydrogen (secondary N) is 1. The largest absolute Gasteiger partial charge is 0.365 e. The number of aryl methyl sites for hydroxylation is 2. The fourth-order valence-electron chi connectivity index (χ4n) is 4.60. The van der Waals surface area contributed by atoms with Gasteiger partial charge in [-0.25, -0.2) is 0 Å². The maximum absolute atomic E-state index is 12.8. The van der Waals surface area contributed by atoms with E-state index in [1.54, 1.807) is 0 Å². The van der Waals surface area contributed by atoms with Gasteiger partial charge in [0, 0.05) is 31.4 Å². The van der Waals surface area contributed by atoms with Crippen molar-refractivity contribution in [1.29, 1.82) is 0 Å².